The van der Waals surface area contributed by atoms with Gasteiger partial charge >= 0.3 is 1.43 Å². The van der Waals surface area contributed by atoms with Gasteiger partial charge < -0.3 is 4.43 Å². The fraction of sp³-hybridized carbons (Fsp3) is 0.150. The number of rotatable bonds is 5. The van der Waals surface area contributed by atoms with E-state index in [0.29, 0.717) is 0 Å². The highest BCUT2D eigenvalue weighted by Gasteiger charge is 2.13. The van der Waals surface area contributed by atoms with Crippen LogP contribution in [-0.2, 0) is 0 Å². The number of hydrogen-bond donors (Lipinski definition) is 0. The van der Waals surface area contributed by atoms with Crippen LogP contribution >= 0.6 is 11.3 Å². The van der Waals surface area contributed by atoms with Crippen molar-refractivity contribution >= 4 is 31.8 Å². The number of aliphatic imine (C=N–C) groups is 1. The van der Waals surface area contributed by atoms with Crippen LogP contribution in [0.2, 0.25) is 13.1 Å². The normalized spacial score (nSPS) is 11.8. The molecule has 121 valence electrons. The molecule has 1 heterocycles. The number of benzene rings is 2. The number of hydrogen-bond acceptors (Lipinski definition) is 3. The van der Waals surface area contributed by atoms with Crippen LogP contribution in [0, 0.1) is 6.92 Å². The average molecular weight is 352 g/mol. The monoisotopic (exact) mass is 351 g/mol. The second kappa shape index (κ2) is 7.60. The molecular weight excluding hydrogens is 330 g/mol. The Labute approximate surface area is 150 Å². The number of para-hydroxylation sites is 1. The van der Waals surface area contributed by atoms with Crippen molar-refractivity contribution < 1.29 is 5.85 Å². The van der Waals surface area contributed by atoms with E-state index in [9.17, 15) is 0 Å². The summed E-state index contributed by atoms with van der Waals surface area (Å²) in [5.41, 5.74) is 4.16. The topological polar surface area (TPSA) is 21.6 Å². The van der Waals surface area contributed by atoms with E-state index >= 15 is 0 Å². The molecule has 0 aliphatic heterocycles. The molecule has 0 fully saturated rings. The molecule has 0 N–H and O–H groups in total. The summed E-state index contributed by atoms with van der Waals surface area (Å²) in [5, 5.41) is 2.09. The predicted octanol–water partition coefficient (Wildman–Crippen LogP) is 5.97. The summed E-state index contributed by atoms with van der Waals surface area (Å²) in [7, 11) is -0.845. The van der Waals surface area contributed by atoms with E-state index in [4.69, 9.17) is 9.42 Å². The van der Waals surface area contributed by atoms with Gasteiger partial charge in [0.2, 0.25) is 0 Å². The van der Waals surface area contributed by atoms with Crippen molar-refractivity contribution in [2.24, 2.45) is 4.99 Å². The minimum atomic E-state index is -0.845. The van der Waals surface area contributed by atoms with Crippen molar-refractivity contribution in [3.8, 4) is 5.75 Å². The maximum Gasteiger partial charge on any atom is 1.00 e. The molecule has 0 bridgehead atoms. The number of nitrogens with zero attached hydrogens (tertiary/aromatic N) is 1. The first-order valence-corrected chi connectivity index (χ1v) is 11.2. The fourth-order valence-electron chi connectivity index (χ4n) is 2.46. The molecule has 4 heteroatoms. The van der Waals surface area contributed by atoms with Crippen molar-refractivity contribution in [3.05, 3.63) is 82.0 Å². The molecule has 24 heavy (non-hydrogen) atoms. The lowest BCUT2D eigenvalue weighted by molar-refractivity contribution is 0.581. The predicted molar refractivity (Wildman–Crippen MR) is 106 cm³/mol. The minimum absolute atomic E-state index is 0. The summed E-state index contributed by atoms with van der Waals surface area (Å²) >= 11 is 1.71. The van der Waals surface area contributed by atoms with E-state index in [-0.39, 0.29) is 1.43 Å². The van der Waals surface area contributed by atoms with Gasteiger partial charge in [-0.25, -0.2) is 4.99 Å². The lowest BCUT2D eigenvalue weighted by Gasteiger charge is -2.14. The van der Waals surface area contributed by atoms with E-state index in [0.717, 1.165) is 33.2 Å². The zero-order valence-electron chi connectivity index (χ0n) is 15.1. The molecule has 2 nitrogen and oxygen atoms in total. The van der Waals surface area contributed by atoms with Crippen molar-refractivity contribution in [1.82, 2.24) is 0 Å². The summed E-state index contributed by atoms with van der Waals surface area (Å²) in [5.74, 6) is 0.874. The van der Waals surface area contributed by atoms with Gasteiger partial charge in [-0.05, 0) is 43.1 Å². The summed E-state index contributed by atoms with van der Waals surface area (Å²) in [6, 6.07) is 20.6. The van der Waals surface area contributed by atoms with Gasteiger partial charge in [0.25, 0.3) is 9.04 Å². The third-order valence-corrected chi connectivity index (χ3v) is 5.04. The molecule has 0 saturated carbocycles. The van der Waals surface area contributed by atoms with E-state index < -0.39 is 9.04 Å². The fourth-order valence-corrected chi connectivity index (χ4v) is 3.80. The molecule has 0 spiro atoms. The SMILES string of the molecule is Cc1cccc(O[Si](C)C)c1N=C(c1ccccc1)c1cccs1.[H+]. The van der Waals surface area contributed by atoms with Gasteiger partial charge in [-0.3, -0.25) is 0 Å². The number of thiophene rings is 1. The molecule has 3 rings (SSSR count). The summed E-state index contributed by atoms with van der Waals surface area (Å²) in [6.45, 7) is 6.36. The molecule has 0 aliphatic rings. The smallest absolute Gasteiger partial charge is 0.541 e. The Kier molecular flexibility index (Phi) is 5.28. The maximum atomic E-state index is 6.08. The summed E-state index contributed by atoms with van der Waals surface area (Å²) in [4.78, 5) is 6.20. The van der Waals surface area contributed by atoms with Crippen LogP contribution in [0.15, 0.2) is 71.0 Å². The Morgan fingerprint density at radius 2 is 1.79 bits per heavy atom. The molecule has 0 amide bonds. The third-order valence-electron chi connectivity index (χ3n) is 3.54. The van der Waals surface area contributed by atoms with Gasteiger partial charge in [-0.1, -0.05) is 48.5 Å². The van der Waals surface area contributed by atoms with Crippen LogP contribution in [0.1, 0.15) is 17.4 Å². The van der Waals surface area contributed by atoms with E-state index in [1.54, 1.807) is 11.3 Å². The van der Waals surface area contributed by atoms with Gasteiger partial charge in [0.05, 0.1) is 10.6 Å². The van der Waals surface area contributed by atoms with Gasteiger partial charge in [0, 0.05) is 5.56 Å². The van der Waals surface area contributed by atoms with Crippen LogP contribution in [0.4, 0.5) is 5.69 Å². The average Bonchev–Trinajstić information content (AvgIpc) is 3.09. The van der Waals surface area contributed by atoms with Crippen LogP contribution in [0.5, 0.6) is 5.75 Å². The van der Waals surface area contributed by atoms with Crippen molar-refractivity contribution in [2.45, 2.75) is 20.0 Å². The van der Waals surface area contributed by atoms with E-state index in [1.807, 2.05) is 30.3 Å². The third kappa shape index (κ3) is 3.83. The first-order chi connectivity index (χ1) is 11.6. The molecular formula is C20H21NOSSi+. The second-order valence-electron chi connectivity index (χ2n) is 5.74. The maximum absolute atomic E-state index is 6.08. The lowest BCUT2D eigenvalue weighted by Crippen LogP contribution is -2.11. The Morgan fingerprint density at radius 1 is 1.00 bits per heavy atom. The zero-order chi connectivity index (χ0) is 16.9. The van der Waals surface area contributed by atoms with Gasteiger partial charge in [0.1, 0.15) is 11.4 Å². The van der Waals surface area contributed by atoms with Gasteiger partial charge in [-0.15, -0.1) is 11.3 Å². The molecule has 1 radical (unpaired) electrons. The largest absolute Gasteiger partial charge is 1.00 e. The molecule has 1 aromatic heterocycles. The Morgan fingerprint density at radius 3 is 2.46 bits per heavy atom. The lowest BCUT2D eigenvalue weighted by atomic mass is 10.1. The van der Waals surface area contributed by atoms with Crippen LogP contribution < -0.4 is 4.43 Å². The molecule has 2 aromatic carbocycles. The molecule has 0 aliphatic carbocycles. The molecule has 0 atom stereocenters. The Hall–Kier alpha value is -2.17. The van der Waals surface area contributed by atoms with Crippen molar-refractivity contribution in [2.75, 3.05) is 0 Å². The highest BCUT2D eigenvalue weighted by Crippen LogP contribution is 2.33. The minimum Gasteiger partial charge on any atom is -0.541 e. The molecule has 0 saturated heterocycles. The van der Waals surface area contributed by atoms with Crippen LogP contribution in [0.25, 0.3) is 0 Å². The second-order valence-corrected chi connectivity index (χ2v) is 8.70. The quantitative estimate of drug-likeness (QED) is 0.410. The standard InChI is InChI=1S/C20H20NOSSi/c1-15-9-7-12-17(22-24(2)3)19(15)21-20(18-13-8-14-23-18)16-10-5-4-6-11-16/h4-14H,1-3H3/p+1. The summed E-state index contributed by atoms with van der Waals surface area (Å²) < 4.78 is 6.08. The van der Waals surface area contributed by atoms with Crippen LogP contribution in [-0.4, -0.2) is 14.8 Å². The molecule has 0 unspecified atom stereocenters. The zero-order valence-corrected chi connectivity index (χ0v) is 15.9. The number of aryl methyl sites for hydroxylation is 1. The first-order valence-electron chi connectivity index (χ1n) is 7.91. The summed E-state index contributed by atoms with van der Waals surface area (Å²) in [6.07, 6.45) is 0. The van der Waals surface area contributed by atoms with Gasteiger partial charge in [0.15, 0.2) is 0 Å². The van der Waals surface area contributed by atoms with E-state index in [1.165, 1.54) is 0 Å². The van der Waals surface area contributed by atoms with Crippen molar-refractivity contribution in [3.63, 3.8) is 0 Å². The first kappa shape index (κ1) is 16.7. The Bertz CT molecular complexity index is 832. The highest BCUT2D eigenvalue weighted by atomic mass is 32.1. The van der Waals surface area contributed by atoms with E-state index in [2.05, 4.69) is 55.7 Å². The Balaban J connectivity index is 0.00000225. The highest BCUT2D eigenvalue weighted by molar-refractivity contribution is 7.12. The van der Waals surface area contributed by atoms with Crippen molar-refractivity contribution in [1.29, 1.82) is 0 Å². The molecule has 3 aromatic rings. The van der Waals surface area contributed by atoms with Crippen LogP contribution in [0.3, 0.4) is 0 Å². The van der Waals surface area contributed by atoms with Gasteiger partial charge in [-0.2, -0.15) is 0 Å².